The lowest BCUT2D eigenvalue weighted by molar-refractivity contribution is -0.134. The fourth-order valence-corrected chi connectivity index (χ4v) is 1.05. The van der Waals surface area contributed by atoms with Gasteiger partial charge < -0.3 is 9.47 Å². The summed E-state index contributed by atoms with van der Waals surface area (Å²) >= 11 is 0. The molecule has 0 bridgehead atoms. The van der Waals surface area contributed by atoms with Crippen LogP contribution in [0.25, 0.3) is 0 Å². The van der Waals surface area contributed by atoms with Gasteiger partial charge in [0.25, 0.3) is 0 Å². The largest absolute Gasteiger partial charge is 0.493 e. The van der Waals surface area contributed by atoms with Gasteiger partial charge in [0.15, 0.2) is 0 Å². The van der Waals surface area contributed by atoms with Crippen molar-refractivity contribution in [3.8, 4) is 11.5 Å². The van der Waals surface area contributed by atoms with Crippen molar-refractivity contribution in [2.75, 3.05) is 6.61 Å². The van der Waals surface area contributed by atoms with Gasteiger partial charge in [0.1, 0.15) is 11.5 Å². The van der Waals surface area contributed by atoms with Crippen LogP contribution in [-0.4, -0.2) is 12.6 Å². The molecule has 0 aliphatic carbocycles. The fraction of sp³-hybridized carbons (Fsp3) is 0.417. The number of carbonyl (C=O) groups excluding carboxylic acids is 1. The maximum absolute atomic E-state index is 11.0. The zero-order valence-corrected chi connectivity index (χ0v) is 9.16. The van der Waals surface area contributed by atoms with Crippen molar-refractivity contribution in [2.45, 2.75) is 26.7 Å². The predicted octanol–water partition coefficient (Wildman–Crippen LogP) is 2.79. The molecule has 1 rings (SSSR count). The van der Waals surface area contributed by atoms with Crippen molar-refractivity contribution < 1.29 is 14.3 Å². The highest BCUT2D eigenvalue weighted by molar-refractivity contribution is 5.72. The minimum absolute atomic E-state index is 0.234. The topological polar surface area (TPSA) is 35.5 Å². The number of hydrogen-bond acceptors (Lipinski definition) is 3. The first kappa shape index (κ1) is 11.6. The quantitative estimate of drug-likeness (QED) is 0.551. The van der Waals surface area contributed by atoms with Crippen LogP contribution in [0.2, 0.25) is 0 Å². The molecule has 0 saturated carbocycles. The third-order valence-corrected chi connectivity index (χ3v) is 1.80. The summed E-state index contributed by atoms with van der Waals surface area (Å²) in [5.41, 5.74) is 0. The van der Waals surface area contributed by atoms with E-state index in [0.29, 0.717) is 18.8 Å². The van der Waals surface area contributed by atoms with Gasteiger partial charge in [0, 0.05) is 12.5 Å². The van der Waals surface area contributed by atoms with Crippen LogP contribution in [-0.2, 0) is 4.79 Å². The fourth-order valence-electron chi connectivity index (χ4n) is 1.05. The Morgan fingerprint density at radius 2 is 2.00 bits per heavy atom. The standard InChI is InChI=1S/C12H16O3/c1-3-8-14-10-6-5-7-11(9-10)15-12(13)4-2/h5-7,9H,3-4,8H2,1-2H3. The van der Waals surface area contributed by atoms with Crippen LogP contribution >= 0.6 is 0 Å². The molecule has 82 valence electrons. The maximum atomic E-state index is 11.0. The molecule has 1 aromatic rings. The second-order valence-corrected chi connectivity index (χ2v) is 3.15. The summed E-state index contributed by atoms with van der Waals surface area (Å²) in [6.07, 6.45) is 1.33. The molecule has 0 saturated heterocycles. The average molecular weight is 208 g/mol. The van der Waals surface area contributed by atoms with Crippen molar-refractivity contribution >= 4 is 5.97 Å². The Morgan fingerprint density at radius 3 is 2.67 bits per heavy atom. The highest BCUT2D eigenvalue weighted by Crippen LogP contribution is 2.19. The Kier molecular flexibility index (Phi) is 4.68. The highest BCUT2D eigenvalue weighted by Gasteiger charge is 2.02. The Morgan fingerprint density at radius 1 is 1.27 bits per heavy atom. The van der Waals surface area contributed by atoms with Gasteiger partial charge >= 0.3 is 5.97 Å². The molecule has 0 aliphatic heterocycles. The molecule has 0 unspecified atom stereocenters. The van der Waals surface area contributed by atoms with Crippen LogP contribution in [0.15, 0.2) is 24.3 Å². The molecule has 0 atom stereocenters. The summed E-state index contributed by atoms with van der Waals surface area (Å²) in [7, 11) is 0. The van der Waals surface area contributed by atoms with E-state index in [-0.39, 0.29) is 5.97 Å². The van der Waals surface area contributed by atoms with Crippen molar-refractivity contribution in [3.63, 3.8) is 0 Å². The number of carbonyl (C=O) groups is 1. The van der Waals surface area contributed by atoms with E-state index in [1.165, 1.54) is 0 Å². The normalized spacial score (nSPS) is 9.73. The number of hydrogen-bond donors (Lipinski definition) is 0. The summed E-state index contributed by atoms with van der Waals surface area (Å²) in [5, 5.41) is 0. The Bertz CT molecular complexity index is 320. The predicted molar refractivity (Wildman–Crippen MR) is 58.2 cm³/mol. The first-order valence-corrected chi connectivity index (χ1v) is 5.19. The highest BCUT2D eigenvalue weighted by atomic mass is 16.5. The van der Waals surface area contributed by atoms with Crippen LogP contribution in [0.1, 0.15) is 26.7 Å². The molecule has 0 aromatic heterocycles. The van der Waals surface area contributed by atoms with E-state index in [9.17, 15) is 4.79 Å². The molecule has 0 aliphatic rings. The third kappa shape index (κ3) is 4.02. The van der Waals surface area contributed by atoms with Gasteiger partial charge in [0.2, 0.25) is 0 Å². The summed E-state index contributed by atoms with van der Waals surface area (Å²) in [6, 6.07) is 7.12. The molecular formula is C12H16O3. The minimum atomic E-state index is -0.234. The summed E-state index contributed by atoms with van der Waals surface area (Å²) in [4.78, 5) is 11.0. The first-order valence-electron chi connectivity index (χ1n) is 5.19. The van der Waals surface area contributed by atoms with Gasteiger partial charge in [0.05, 0.1) is 6.61 Å². The minimum Gasteiger partial charge on any atom is -0.493 e. The monoisotopic (exact) mass is 208 g/mol. The summed E-state index contributed by atoms with van der Waals surface area (Å²) in [5.74, 6) is 1.04. The Labute approximate surface area is 90.0 Å². The van der Waals surface area contributed by atoms with E-state index in [0.717, 1.165) is 12.2 Å². The molecule has 1 aromatic carbocycles. The lowest BCUT2D eigenvalue weighted by Gasteiger charge is -2.06. The van der Waals surface area contributed by atoms with E-state index >= 15 is 0 Å². The number of benzene rings is 1. The lowest BCUT2D eigenvalue weighted by atomic mass is 10.3. The second kappa shape index (κ2) is 6.06. The van der Waals surface area contributed by atoms with Crippen LogP contribution in [0, 0.1) is 0 Å². The van der Waals surface area contributed by atoms with Gasteiger partial charge in [-0.1, -0.05) is 19.9 Å². The molecule has 0 fully saturated rings. The van der Waals surface area contributed by atoms with Crippen LogP contribution in [0.3, 0.4) is 0 Å². The average Bonchev–Trinajstić information content (AvgIpc) is 2.26. The Balaban J connectivity index is 2.61. The van der Waals surface area contributed by atoms with Crippen LogP contribution in [0.5, 0.6) is 11.5 Å². The molecule has 0 radical (unpaired) electrons. The molecule has 0 amide bonds. The maximum Gasteiger partial charge on any atom is 0.310 e. The van der Waals surface area contributed by atoms with E-state index < -0.39 is 0 Å². The molecular weight excluding hydrogens is 192 g/mol. The van der Waals surface area contributed by atoms with Crippen molar-refractivity contribution in [2.24, 2.45) is 0 Å². The van der Waals surface area contributed by atoms with Crippen molar-refractivity contribution in [1.82, 2.24) is 0 Å². The van der Waals surface area contributed by atoms with Crippen molar-refractivity contribution in [3.05, 3.63) is 24.3 Å². The molecule has 0 spiro atoms. The second-order valence-electron chi connectivity index (χ2n) is 3.15. The van der Waals surface area contributed by atoms with E-state index in [1.54, 1.807) is 19.1 Å². The van der Waals surface area contributed by atoms with Gasteiger partial charge in [-0.25, -0.2) is 0 Å². The zero-order chi connectivity index (χ0) is 11.1. The van der Waals surface area contributed by atoms with Gasteiger partial charge in [-0.2, -0.15) is 0 Å². The van der Waals surface area contributed by atoms with Gasteiger partial charge in [-0.15, -0.1) is 0 Å². The van der Waals surface area contributed by atoms with Crippen LogP contribution < -0.4 is 9.47 Å². The summed E-state index contributed by atoms with van der Waals surface area (Å²) < 4.78 is 10.5. The first-order chi connectivity index (χ1) is 7.26. The SMILES string of the molecule is CCCOc1cccc(OC(=O)CC)c1. The Hall–Kier alpha value is -1.51. The molecule has 3 heteroatoms. The van der Waals surface area contributed by atoms with Gasteiger partial charge in [-0.05, 0) is 18.6 Å². The molecule has 0 N–H and O–H groups in total. The van der Waals surface area contributed by atoms with E-state index in [4.69, 9.17) is 9.47 Å². The van der Waals surface area contributed by atoms with E-state index in [1.807, 2.05) is 19.1 Å². The summed E-state index contributed by atoms with van der Waals surface area (Å²) in [6.45, 7) is 4.48. The smallest absolute Gasteiger partial charge is 0.310 e. The number of rotatable bonds is 5. The van der Waals surface area contributed by atoms with Gasteiger partial charge in [-0.3, -0.25) is 4.79 Å². The third-order valence-electron chi connectivity index (χ3n) is 1.80. The lowest BCUT2D eigenvalue weighted by Crippen LogP contribution is -2.05. The van der Waals surface area contributed by atoms with Crippen LogP contribution in [0.4, 0.5) is 0 Å². The van der Waals surface area contributed by atoms with Crippen molar-refractivity contribution in [1.29, 1.82) is 0 Å². The zero-order valence-electron chi connectivity index (χ0n) is 9.16. The number of ether oxygens (including phenoxy) is 2. The van der Waals surface area contributed by atoms with E-state index in [2.05, 4.69) is 0 Å². The molecule has 0 heterocycles. The molecule has 15 heavy (non-hydrogen) atoms. The molecule has 3 nitrogen and oxygen atoms in total. The number of esters is 1.